The number of hydrogen-bond donors (Lipinski definition) is 2. The molecule has 0 saturated heterocycles. The van der Waals surface area contributed by atoms with E-state index < -0.39 is 0 Å². The van der Waals surface area contributed by atoms with Gasteiger partial charge < -0.3 is 11.1 Å². The number of nitrogens with zero attached hydrogens (tertiary/aromatic N) is 1. The largest absolute Gasteiger partial charge is 0.328 e. The van der Waals surface area contributed by atoms with Gasteiger partial charge in [-0.25, -0.2) is 4.98 Å². The number of aromatic nitrogens is 1. The molecule has 5 heteroatoms. The van der Waals surface area contributed by atoms with Crippen LogP contribution in [0.3, 0.4) is 0 Å². The summed E-state index contributed by atoms with van der Waals surface area (Å²) >= 11 is 1.55. The molecule has 2 atom stereocenters. The quantitative estimate of drug-likeness (QED) is 0.910. The Kier molecular flexibility index (Phi) is 4.85. The Morgan fingerprint density at radius 2 is 2.14 bits per heavy atom. The molecule has 3 N–H and O–H groups in total. The zero-order valence-corrected chi connectivity index (χ0v) is 13.3. The normalized spacial score (nSPS) is 21.5. The lowest BCUT2D eigenvalue weighted by Gasteiger charge is -2.25. The fourth-order valence-electron chi connectivity index (χ4n) is 2.92. The van der Waals surface area contributed by atoms with Crippen LogP contribution in [-0.2, 0) is 11.2 Å². The fourth-order valence-corrected chi connectivity index (χ4v) is 3.77. The highest BCUT2D eigenvalue weighted by Gasteiger charge is 2.25. The zero-order valence-electron chi connectivity index (χ0n) is 12.5. The van der Waals surface area contributed by atoms with Gasteiger partial charge >= 0.3 is 0 Å². The van der Waals surface area contributed by atoms with Gasteiger partial charge in [-0.3, -0.25) is 4.79 Å². The number of rotatable bonds is 4. The smallest absolute Gasteiger partial charge is 0.229 e. The molecule has 0 spiro atoms. The molecule has 0 radical (unpaired) electrons. The first kappa shape index (κ1) is 15.2. The van der Waals surface area contributed by atoms with Gasteiger partial charge in [0.2, 0.25) is 5.91 Å². The van der Waals surface area contributed by atoms with Crippen molar-refractivity contribution in [3.8, 4) is 0 Å². The van der Waals surface area contributed by atoms with Gasteiger partial charge in [0.1, 0.15) is 0 Å². The number of nitrogens with two attached hydrogens (primary N) is 1. The van der Waals surface area contributed by atoms with Gasteiger partial charge in [-0.05, 0) is 24.8 Å². The highest BCUT2D eigenvalue weighted by molar-refractivity contribution is 7.15. The van der Waals surface area contributed by atoms with Crippen LogP contribution < -0.4 is 11.1 Å². The van der Waals surface area contributed by atoms with Crippen molar-refractivity contribution in [2.45, 2.75) is 38.1 Å². The van der Waals surface area contributed by atoms with Crippen molar-refractivity contribution >= 4 is 22.4 Å². The van der Waals surface area contributed by atoms with E-state index in [1.807, 2.05) is 24.4 Å². The minimum absolute atomic E-state index is 0.0326. The molecule has 3 rings (SSSR count). The van der Waals surface area contributed by atoms with Gasteiger partial charge in [-0.1, -0.05) is 36.8 Å². The first-order chi connectivity index (χ1) is 10.7. The maximum atomic E-state index is 12.3. The summed E-state index contributed by atoms with van der Waals surface area (Å²) in [5.41, 5.74) is 7.21. The zero-order chi connectivity index (χ0) is 15.4. The highest BCUT2D eigenvalue weighted by Crippen LogP contribution is 2.26. The number of amides is 1. The fraction of sp³-hybridized carbons (Fsp3) is 0.412. The molecule has 22 heavy (non-hydrogen) atoms. The van der Waals surface area contributed by atoms with Gasteiger partial charge in [0.25, 0.3) is 0 Å². The minimum atomic E-state index is 0.0326. The Bertz CT molecular complexity index is 626. The molecule has 0 aliphatic heterocycles. The number of thiazole rings is 1. The lowest BCUT2D eigenvalue weighted by Crippen LogP contribution is -2.34. The van der Waals surface area contributed by atoms with Crippen LogP contribution in [0.4, 0.5) is 5.13 Å². The average Bonchev–Trinajstić information content (AvgIpc) is 2.95. The van der Waals surface area contributed by atoms with Crippen LogP contribution in [0, 0.1) is 5.92 Å². The van der Waals surface area contributed by atoms with Crippen LogP contribution in [0.5, 0.6) is 0 Å². The molecular weight excluding hydrogens is 294 g/mol. The van der Waals surface area contributed by atoms with E-state index in [4.69, 9.17) is 5.73 Å². The SMILES string of the molecule is NC1CCCC(C(=O)Nc2ncc(Cc3ccccc3)s2)C1. The average molecular weight is 315 g/mol. The van der Waals surface area contributed by atoms with Crippen LogP contribution in [0.25, 0.3) is 0 Å². The molecule has 1 aromatic heterocycles. The maximum Gasteiger partial charge on any atom is 0.229 e. The van der Waals surface area contributed by atoms with Crippen molar-refractivity contribution in [1.29, 1.82) is 0 Å². The predicted octanol–water partition coefficient (Wildman–Crippen LogP) is 3.19. The topological polar surface area (TPSA) is 68.0 Å². The van der Waals surface area contributed by atoms with Crippen LogP contribution in [0.1, 0.15) is 36.1 Å². The van der Waals surface area contributed by atoms with Crippen molar-refractivity contribution < 1.29 is 4.79 Å². The van der Waals surface area contributed by atoms with E-state index in [0.29, 0.717) is 5.13 Å². The third-order valence-corrected chi connectivity index (χ3v) is 5.00. The number of anilines is 1. The molecule has 1 aliphatic rings. The monoisotopic (exact) mass is 315 g/mol. The lowest BCUT2D eigenvalue weighted by molar-refractivity contribution is -0.120. The first-order valence-electron chi connectivity index (χ1n) is 7.76. The Hall–Kier alpha value is -1.72. The number of nitrogens with one attached hydrogen (secondary N) is 1. The molecule has 1 heterocycles. The molecule has 1 fully saturated rings. The molecule has 116 valence electrons. The van der Waals surface area contributed by atoms with Gasteiger partial charge in [0, 0.05) is 29.5 Å². The summed E-state index contributed by atoms with van der Waals surface area (Å²) in [7, 11) is 0. The molecule has 2 unspecified atom stereocenters. The molecule has 1 saturated carbocycles. The van der Waals surface area contributed by atoms with Gasteiger partial charge in [0.15, 0.2) is 5.13 Å². The van der Waals surface area contributed by atoms with Crippen molar-refractivity contribution in [3.63, 3.8) is 0 Å². The predicted molar refractivity (Wildman–Crippen MR) is 89.9 cm³/mol. The van der Waals surface area contributed by atoms with Crippen LogP contribution in [0.15, 0.2) is 36.5 Å². The van der Waals surface area contributed by atoms with Crippen LogP contribution in [0.2, 0.25) is 0 Å². The van der Waals surface area contributed by atoms with E-state index in [0.717, 1.165) is 37.0 Å². The van der Waals surface area contributed by atoms with Crippen molar-refractivity contribution in [1.82, 2.24) is 4.98 Å². The molecule has 1 aliphatic carbocycles. The van der Waals surface area contributed by atoms with E-state index in [1.165, 1.54) is 5.56 Å². The van der Waals surface area contributed by atoms with Crippen molar-refractivity contribution in [2.75, 3.05) is 5.32 Å². The first-order valence-corrected chi connectivity index (χ1v) is 8.57. The summed E-state index contributed by atoms with van der Waals surface area (Å²) in [4.78, 5) is 17.8. The summed E-state index contributed by atoms with van der Waals surface area (Å²) in [5.74, 6) is 0.0981. The van der Waals surface area contributed by atoms with E-state index in [9.17, 15) is 4.79 Å². The minimum Gasteiger partial charge on any atom is -0.328 e. The Morgan fingerprint density at radius 1 is 1.32 bits per heavy atom. The Morgan fingerprint density at radius 3 is 2.91 bits per heavy atom. The summed E-state index contributed by atoms with van der Waals surface area (Å²) in [6, 6.07) is 10.4. The summed E-state index contributed by atoms with van der Waals surface area (Å²) in [5, 5.41) is 3.64. The third kappa shape index (κ3) is 3.93. The number of carbonyl (C=O) groups is 1. The van der Waals surface area contributed by atoms with E-state index in [2.05, 4.69) is 22.4 Å². The molecule has 1 aromatic carbocycles. The lowest BCUT2D eigenvalue weighted by atomic mass is 9.86. The van der Waals surface area contributed by atoms with Crippen LogP contribution in [-0.4, -0.2) is 16.9 Å². The molecule has 2 aromatic rings. The second-order valence-electron chi connectivity index (χ2n) is 5.91. The molecular formula is C17H21N3OS. The van der Waals surface area contributed by atoms with Crippen molar-refractivity contribution in [2.24, 2.45) is 11.7 Å². The highest BCUT2D eigenvalue weighted by atomic mass is 32.1. The number of hydrogen-bond acceptors (Lipinski definition) is 4. The molecule has 4 nitrogen and oxygen atoms in total. The van der Waals surface area contributed by atoms with E-state index >= 15 is 0 Å². The maximum absolute atomic E-state index is 12.3. The summed E-state index contributed by atoms with van der Waals surface area (Å²) in [6.45, 7) is 0. The van der Waals surface area contributed by atoms with E-state index in [1.54, 1.807) is 11.3 Å². The van der Waals surface area contributed by atoms with Gasteiger partial charge in [0.05, 0.1) is 0 Å². The standard InChI is InChI=1S/C17H21N3OS/c18-14-8-4-7-13(10-14)16(21)20-17-19-11-15(22-17)9-12-5-2-1-3-6-12/h1-3,5-6,11,13-14H,4,7-10,18H2,(H,19,20,21). The van der Waals surface area contributed by atoms with Gasteiger partial charge in [-0.2, -0.15) is 0 Å². The van der Waals surface area contributed by atoms with Crippen LogP contribution >= 0.6 is 11.3 Å². The van der Waals surface area contributed by atoms with Crippen molar-refractivity contribution in [3.05, 3.63) is 47.0 Å². The molecule has 0 bridgehead atoms. The second kappa shape index (κ2) is 7.03. The van der Waals surface area contributed by atoms with E-state index in [-0.39, 0.29) is 17.9 Å². The second-order valence-corrected chi connectivity index (χ2v) is 7.02. The number of benzene rings is 1. The summed E-state index contributed by atoms with van der Waals surface area (Å²) in [6.07, 6.45) is 6.48. The number of carbonyl (C=O) groups excluding carboxylic acids is 1. The Labute approximate surface area is 134 Å². The third-order valence-electron chi connectivity index (χ3n) is 4.09. The van der Waals surface area contributed by atoms with Gasteiger partial charge in [-0.15, -0.1) is 11.3 Å². The summed E-state index contributed by atoms with van der Waals surface area (Å²) < 4.78 is 0. The Balaban J connectivity index is 1.58. The molecule has 1 amide bonds.